The molecule has 0 aliphatic heterocycles. The molecule has 21 heavy (non-hydrogen) atoms. The standard InChI is InChI=1S/C15H16ClN3O2/c1-9-7-13(18-8-17-9)15(21)19-10(2)14(20)11-3-5-12(16)6-4-11/h3-8,10,14,20H,1-2H3,(H,19,21). The maximum absolute atomic E-state index is 12.1. The summed E-state index contributed by atoms with van der Waals surface area (Å²) in [6.07, 6.45) is 0.513. The van der Waals surface area contributed by atoms with Crippen LogP contribution in [0, 0.1) is 6.92 Å². The van der Waals surface area contributed by atoms with Crippen molar-refractivity contribution in [2.75, 3.05) is 0 Å². The van der Waals surface area contributed by atoms with E-state index in [0.717, 1.165) is 0 Å². The van der Waals surface area contributed by atoms with E-state index in [4.69, 9.17) is 11.6 Å². The number of carbonyl (C=O) groups is 1. The molecule has 2 atom stereocenters. The van der Waals surface area contributed by atoms with Crippen LogP contribution in [0.4, 0.5) is 0 Å². The lowest BCUT2D eigenvalue weighted by Crippen LogP contribution is -2.37. The molecule has 0 saturated carbocycles. The predicted octanol–water partition coefficient (Wildman–Crippen LogP) is 2.29. The van der Waals surface area contributed by atoms with E-state index >= 15 is 0 Å². The first-order valence-electron chi connectivity index (χ1n) is 6.50. The summed E-state index contributed by atoms with van der Waals surface area (Å²) in [5, 5.41) is 13.6. The van der Waals surface area contributed by atoms with E-state index in [9.17, 15) is 9.90 Å². The summed E-state index contributed by atoms with van der Waals surface area (Å²) in [5.74, 6) is -0.346. The lowest BCUT2D eigenvalue weighted by atomic mass is 10.0. The summed E-state index contributed by atoms with van der Waals surface area (Å²) in [4.78, 5) is 19.9. The summed E-state index contributed by atoms with van der Waals surface area (Å²) < 4.78 is 0. The summed E-state index contributed by atoms with van der Waals surface area (Å²) in [6, 6.07) is 7.98. The van der Waals surface area contributed by atoms with Crippen molar-refractivity contribution in [3.63, 3.8) is 0 Å². The SMILES string of the molecule is Cc1cc(C(=O)NC(C)C(O)c2ccc(Cl)cc2)ncn1. The smallest absolute Gasteiger partial charge is 0.270 e. The third kappa shape index (κ3) is 4.00. The van der Waals surface area contributed by atoms with E-state index in [-0.39, 0.29) is 11.6 Å². The van der Waals surface area contributed by atoms with Crippen LogP contribution in [0.3, 0.4) is 0 Å². The van der Waals surface area contributed by atoms with E-state index in [1.54, 1.807) is 44.2 Å². The van der Waals surface area contributed by atoms with Gasteiger partial charge in [0.25, 0.3) is 5.91 Å². The van der Waals surface area contributed by atoms with Crippen LogP contribution in [-0.4, -0.2) is 27.0 Å². The molecule has 5 nitrogen and oxygen atoms in total. The number of aromatic nitrogens is 2. The third-order valence-corrected chi connectivity index (χ3v) is 3.33. The van der Waals surface area contributed by atoms with Gasteiger partial charge in [0, 0.05) is 10.7 Å². The maximum Gasteiger partial charge on any atom is 0.270 e. The topological polar surface area (TPSA) is 75.1 Å². The molecule has 0 aliphatic rings. The van der Waals surface area contributed by atoms with Crippen molar-refractivity contribution in [3.05, 3.63) is 58.6 Å². The first-order chi connectivity index (χ1) is 9.97. The molecule has 2 rings (SSSR count). The largest absolute Gasteiger partial charge is 0.386 e. The number of nitrogens with one attached hydrogen (secondary N) is 1. The number of hydrogen-bond acceptors (Lipinski definition) is 4. The molecule has 0 spiro atoms. The molecule has 0 aliphatic carbocycles. The Morgan fingerprint density at radius 3 is 2.57 bits per heavy atom. The Morgan fingerprint density at radius 1 is 1.29 bits per heavy atom. The number of hydrogen-bond donors (Lipinski definition) is 2. The zero-order valence-electron chi connectivity index (χ0n) is 11.7. The van der Waals surface area contributed by atoms with Gasteiger partial charge in [-0.05, 0) is 37.6 Å². The Morgan fingerprint density at radius 2 is 1.95 bits per heavy atom. The minimum absolute atomic E-state index is 0.276. The van der Waals surface area contributed by atoms with Gasteiger partial charge < -0.3 is 10.4 Å². The highest BCUT2D eigenvalue weighted by Gasteiger charge is 2.19. The first-order valence-corrected chi connectivity index (χ1v) is 6.88. The molecule has 2 unspecified atom stereocenters. The minimum atomic E-state index is -0.825. The Bertz CT molecular complexity index is 631. The second-order valence-corrected chi connectivity index (χ2v) is 5.24. The van der Waals surface area contributed by atoms with Crippen molar-refractivity contribution in [1.29, 1.82) is 0 Å². The Kier molecular flexibility index (Phi) is 4.88. The molecule has 1 heterocycles. The second kappa shape index (κ2) is 6.65. The summed E-state index contributed by atoms with van der Waals surface area (Å²) in [5.41, 5.74) is 1.67. The molecule has 0 saturated heterocycles. The van der Waals surface area contributed by atoms with Gasteiger partial charge in [0.05, 0.1) is 12.1 Å². The van der Waals surface area contributed by atoms with Gasteiger partial charge in [-0.1, -0.05) is 23.7 Å². The molecular formula is C15H16ClN3O2. The Hall–Kier alpha value is -1.98. The number of aliphatic hydroxyl groups excluding tert-OH is 1. The number of aliphatic hydroxyl groups is 1. The molecule has 1 aromatic carbocycles. The molecule has 6 heteroatoms. The molecule has 2 N–H and O–H groups in total. The zero-order chi connectivity index (χ0) is 15.4. The second-order valence-electron chi connectivity index (χ2n) is 4.80. The fourth-order valence-corrected chi connectivity index (χ4v) is 2.01. The van der Waals surface area contributed by atoms with Crippen LogP contribution in [-0.2, 0) is 0 Å². The van der Waals surface area contributed by atoms with Crippen LogP contribution < -0.4 is 5.32 Å². The molecular weight excluding hydrogens is 290 g/mol. The third-order valence-electron chi connectivity index (χ3n) is 3.08. The number of rotatable bonds is 4. The average molecular weight is 306 g/mol. The Labute approximate surface area is 128 Å². The fraction of sp³-hybridized carbons (Fsp3) is 0.267. The van der Waals surface area contributed by atoms with Crippen LogP contribution >= 0.6 is 11.6 Å². The van der Waals surface area contributed by atoms with Crippen LogP contribution in [0.1, 0.15) is 34.8 Å². The molecule has 0 radical (unpaired) electrons. The van der Waals surface area contributed by atoms with Crippen LogP contribution in [0.15, 0.2) is 36.7 Å². The highest BCUT2D eigenvalue weighted by Crippen LogP contribution is 2.19. The normalized spacial score (nSPS) is 13.5. The molecule has 110 valence electrons. The van der Waals surface area contributed by atoms with E-state index in [1.807, 2.05) is 0 Å². The average Bonchev–Trinajstić information content (AvgIpc) is 2.47. The van der Waals surface area contributed by atoms with Crippen molar-refractivity contribution >= 4 is 17.5 Å². The van der Waals surface area contributed by atoms with Gasteiger partial charge in [-0.15, -0.1) is 0 Å². The number of nitrogens with zero attached hydrogens (tertiary/aromatic N) is 2. The van der Waals surface area contributed by atoms with Gasteiger partial charge in [0.2, 0.25) is 0 Å². The van der Waals surface area contributed by atoms with Gasteiger partial charge in [0.15, 0.2) is 0 Å². The highest BCUT2D eigenvalue weighted by atomic mass is 35.5. The number of benzene rings is 1. The van der Waals surface area contributed by atoms with Gasteiger partial charge in [-0.2, -0.15) is 0 Å². The monoisotopic (exact) mass is 305 g/mol. The lowest BCUT2D eigenvalue weighted by molar-refractivity contribution is 0.0847. The van der Waals surface area contributed by atoms with E-state index in [0.29, 0.717) is 16.3 Å². The summed E-state index contributed by atoms with van der Waals surface area (Å²) in [6.45, 7) is 3.51. The van der Waals surface area contributed by atoms with E-state index < -0.39 is 12.1 Å². The van der Waals surface area contributed by atoms with Gasteiger partial charge in [0.1, 0.15) is 12.0 Å². The summed E-state index contributed by atoms with van der Waals surface area (Å²) >= 11 is 5.81. The van der Waals surface area contributed by atoms with Crippen molar-refractivity contribution in [1.82, 2.24) is 15.3 Å². The van der Waals surface area contributed by atoms with Gasteiger partial charge >= 0.3 is 0 Å². The molecule has 1 aromatic heterocycles. The number of carbonyl (C=O) groups excluding carboxylic acids is 1. The minimum Gasteiger partial charge on any atom is -0.386 e. The molecule has 1 amide bonds. The Balaban J connectivity index is 2.05. The summed E-state index contributed by atoms with van der Waals surface area (Å²) in [7, 11) is 0. The van der Waals surface area contributed by atoms with Crippen molar-refractivity contribution in [2.45, 2.75) is 26.0 Å². The van der Waals surface area contributed by atoms with Crippen molar-refractivity contribution in [3.8, 4) is 0 Å². The fourth-order valence-electron chi connectivity index (χ4n) is 1.89. The van der Waals surface area contributed by atoms with Crippen LogP contribution in [0.2, 0.25) is 5.02 Å². The van der Waals surface area contributed by atoms with Crippen molar-refractivity contribution in [2.24, 2.45) is 0 Å². The van der Waals surface area contributed by atoms with Crippen LogP contribution in [0.5, 0.6) is 0 Å². The number of amides is 1. The number of aryl methyl sites for hydroxylation is 1. The first kappa shape index (κ1) is 15.4. The van der Waals surface area contributed by atoms with Gasteiger partial charge in [-0.25, -0.2) is 9.97 Å². The van der Waals surface area contributed by atoms with Gasteiger partial charge in [-0.3, -0.25) is 4.79 Å². The molecule has 0 fully saturated rings. The van der Waals surface area contributed by atoms with E-state index in [1.165, 1.54) is 6.33 Å². The molecule has 2 aromatic rings. The van der Waals surface area contributed by atoms with Crippen LogP contribution in [0.25, 0.3) is 0 Å². The predicted molar refractivity (Wildman–Crippen MR) is 80.1 cm³/mol. The maximum atomic E-state index is 12.1. The van der Waals surface area contributed by atoms with E-state index in [2.05, 4.69) is 15.3 Å². The lowest BCUT2D eigenvalue weighted by Gasteiger charge is -2.20. The zero-order valence-corrected chi connectivity index (χ0v) is 12.5. The highest BCUT2D eigenvalue weighted by molar-refractivity contribution is 6.30. The number of halogens is 1. The quantitative estimate of drug-likeness (QED) is 0.909. The molecule has 0 bridgehead atoms. The van der Waals surface area contributed by atoms with Crippen molar-refractivity contribution < 1.29 is 9.90 Å².